The number of nitrogens with one attached hydrogen (secondary N) is 2. The molecule has 1 atom stereocenters. The second kappa shape index (κ2) is 11.3. The van der Waals surface area contributed by atoms with Gasteiger partial charge in [-0.3, -0.25) is 9.89 Å². The van der Waals surface area contributed by atoms with Crippen LogP contribution in [0.4, 0.5) is 0 Å². The van der Waals surface area contributed by atoms with E-state index in [2.05, 4.69) is 46.5 Å². The van der Waals surface area contributed by atoms with Crippen LogP contribution in [0.25, 0.3) is 0 Å². The predicted molar refractivity (Wildman–Crippen MR) is 126 cm³/mol. The quantitative estimate of drug-likeness (QED) is 0.471. The van der Waals surface area contributed by atoms with Crippen LogP contribution in [-0.4, -0.2) is 56.2 Å². The van der Waals surface area contributed by atoms with Crippen molar-refractivity contribution in [3.05, 3.63) is 45.4 Å². The molecule has 6 nitrogen and oxygen atoms in total. The standard InChI is InChI=1S/C23H35N5OS/c1-5-19-17(2)30-22(27-19)12-13-25-23(24-3)26-16-20(28-14-8-9-15-28)18-10-6-7-11-21(18)29-4/h6-7,10-11,20H,5,8-9,12-16H2,1-4H3,(H2,24,25,26). The fourth-order valence-corrected chi connectivity index (χ4v) is 5.08. The zero-order valence-corrected chi connectivity index (χ0v) is 19.5. The van der Waals surface area contributed by atoms with Crippen LogP contribution >= 0.6 is 11.3 Å². The summed E-state index contributed by atoms with van der Waals surface area (Å²) in [5.41, 5.74) is 2.46. The number of nitrogens with zero attached hydrogens (tertiary/aromatic N) is 3. The zero-order valence-electron chi connectivity index (χ0n) is 18.7. The molecule has 1 aliphatic heterocycles. The van der Waals surface area contributed by atoms with E-state index in [1.54, 1.807) is 18.4 Å². The maximum Gasteiger partial charge on any atom is 0.191 e. The van der Waals surface area contributed by atoms with Crippen molar-refractivity contribution >= 4 is 17.3 Å². The summed E-state index contributed by atoms with van der Waals surface area (Å²) in [5.74, 6) is 1.78. The average Bonchev–Trinajstić information content (AvgIpc) is 3.42. The third kappa shape index (κ3) is 5.73. The molecular formula is C23H35N5OS. The summed E-state index contributed by atoms with van der Waals surface area (Å²) in [5, 5.41) is 8.17. The molecule has 0 radical (unpaired) electrons. The molecule has 0 spiro atoms. The predicted octanol–water partition coefficient (Wildman–Crippen LogP) is 3.57. The highest BCUT2D eigenvalue weighted by atomic mass is 32.1. The van der Waals surface area contributed by atoms with Gasteiger partial charge in [-0.1, -0.05) is 25.1 Å². The highest BCUT2D eigenvalue weighted by Crippen LogP contribution is 2.31. The molecule has 0 bridgehead atoms. The second-order valence-corrected chi connectivity index (χ2v) is 8.88. The zero-order chi connectivity index (χ0) is 21.3. The second-order valence-electron chi connectivity index (χ2n) is 7.59. The number of methoxy groups -OCH3 is 1. The molecule has 7 heteroatoms. The van der Waals surface area contributed by atoms with Gasteiger partial charge in [0.1, 0.15) is 5.75 Å². The Morgan fingerprint density at radius 3 is 2.70 bits per heavy atom. The molecule has 164 valence electrons. The molecule has 1 saturated heterocycles. The summed E-state index contributed by atoms with van der Waals surface area (Å²) < 4.78 is 5.65. The summed E-state index contributed by atoms with van der Waals surface area (Å²) in [4.78, 5) is 13.0. The molecular weight excluding hydrogens is 394 g/mol. The molecule has 30 heavy (non-hydrogen) atoms. The van der Waals surface area contributed by atoms with Gasteiger partial charge in [0.15, 0.2) is 5.96 Å². The van der Waals surface area contributed by atoms with Crippen molar-refractivity contribution in [3.63, 3.8) is 0 Å². The molecule has 1 aromatic carbocycles. The summed E-state index contributed by atoms with van der Waals surface area (Å²) in [6.45, 7) is 8.17. The van der Waals surface area contributed by atoms with E-state index in [1.165, 1.54) is 34.0 Å². The Hall–Kier alpha value is -2.12. The number of para-hydroxylation sites is 1. The van der Waals surface area contributed by atoms with Crippen molar-refractivity contribution in [2.24, 2.45) is 4.99 Å². The van der Waals surface area contributed by atoms with Crippen LogP contribution in [0, 0.1) is 6.92 Å². The number of aliphatic imine (C=N–C) groups is 1. The minimum Gasteiger partial charge on any atom is -0.496 e. The van der Waals surface area contributed by atoms with Gasteiger partial charge < -0.3 is 15.4 Å². The molecule has 1 aromatic heterocycles. The number of hydrogen-bond acceptors (Lipinski definition) is 5. The van der Waals surface area contributed by atoms with E-state index in [9.17, 15) is 0 Å². The van der Waals surface area contributed by atoms with E-state index < -0.39 is 0 Å². The van der Waals surface area contributed by atoms with Gasteiger partial charge in [-0.2, -0.15) is 0 Å². The Balaban J connectivity index is 1.59. The Kier molecular flexibility index (Phi) is 8.51. The van der Waals surface area contributed by atoms with Gasteiger partial charge in [0, 0.05) is 37.0 Å². The minimum atomic E-state index is 0.260. The van der Waals surface area contributed by atoms with Gasteiger partial charge in [0.2, 0.25) is 0 Å². The van der Waals surface area contributed by atoms with Crippen LogP contribution in [-0.2, 0) is 12.8 Å². The third-order valence-electron chi connectivity index (χ3n) is 5.67. The van der Waals surface area contributed by atoms with Crippen LogP contribution in [0.1, 0.15) is 46.9 Å². The van der Waals surface area contributed by atoms with Gasteiger partial charge in [-0.25, -0.2) is 4.98 Å². The van der Waals surface area contributed by atoms with Gasteiger partial charge in [0.25, 0.3) is 0 Å². The monoisotopic (exact) mass is 429 g/mol. The summed E-state index contributed by atoms with van der Waals surface area (Å²) >= 11 is 1.80. The first-order valence-corrected chi connectivity index (χ1v) is 11.7. The number of benzene rings is 1. The van der Waals surface area contributed by atoms with E-state index in [1.807, 2.05) is 19.2 Å². The number of thiazole rings is 1. The molecule has 3 rings (SSSR count). The number of ether oxygens (including phenoxy) is 1. The van der Waals surface area contributed by atoms with Crippen LogP contribution in [0.3, 0.4) is 0 Å². The first-order valence-electron chi connectivity index (χ1n) is 10.9. The van der Waals surface area contributed by atoms with E-state index in [0.717, 1.165) is 50.7 Å². The third-order valence-corrected chi connectivity index (χ3v) is 6.74. The van der Waals surface area contributed by atoms with Gasteiger partial charge in [-0.05, 0) is 45.3 Å². The number of aryl methyl sites for hydroxylation is 2. The van der Waals surface area contributed by atoms with Crippen LogP contribution in [0.15, 0.2) is 29.3 Å². The van der Waals surface area contributed by atoms with E-state index in [0.29, 0.717) is 0 Å². The van der Waals surface area contributed by atoms with Crippen molar-refractivity contribution < 1.29 is 4.74 Å². The molecule has 0 aliphatic carbocycles. The Bertz CT molecular complexity index is 829. The lowest BCUT2D eigenvalue weighted by molar-refractivity contribution is 0.239. The molecule has 2 aromatic rings. The summed E-state index contributed by atoms with van der Waals surface area (Å²) in [6.07, 6.45) is 4.42. The molecule has 0 amide bonds. The SMILES string of the molecule is CCc1nc(CCNC(=NC)NCC(c2ccccc2OC)N2CCCC2)sc1C. The van der Waals surface area contributed by atoms with E-state index >= 15 is 0 Å². The lowest BCUT2D eigenvalue weighted by Crippen LogP contribution is -2.43. The van der Waals surface area contributed by atoms with E-state index in [-0.39, 0.29) is 6.04 Å². The lowest BCUT2D eigenvalue weighted by atomic mass is 10.0. The lowest BCUT2D eigenvalue weighted by Gasteiger charge is -2.30. The maximum atomic E-state index is 5.65. The summed E-state index contributed by atoms with van der Waals surface area (Å²) in [7, 11) is 3.57. The van der Waals surface area contributed by atoms with Gasteiger partial charge >= 0.3 is 0 Å². The summed E-state index contributed by atoms with van der Waals surface area (Å²) in [6, 6.07) is 8.61. The molecule has 2 heterocycles. The maximum absolute atomic E-state index is 5.65. The van der Waals surface area contributed by atoms with E-state index in [4.69, 9.17) is 9.72 Å². The number of likely N-dealkylation sites (tertiary alicyclic amines) is 1. The van der Waals surface area contributed by atoms with Crippen LogP contribution in [0.5, 0.6) is 5.75 Å². The molecule has 1 unspecified atom stereocenters. The highest BCUT2D eigenvalue weighted by Gasteiger charge is 2.26. The van der Waals surface area contributed by atoms with Gasteiger partial charge in [-0.15, -0.1) is 11.3 Å². The highest BCUT2D eigenvalue weighted by molar-refractivity contribution is 7.11. The molecule has 0 saturated carbocycles. The number of rotatable bonds is 9. The molecule has 1 aliphatic rings. The Labute approximate surface area is 184 Å². The number of guanidine groups is 1. The van der Waals surface area contributed by atoms with Crippen molar-refractivity contribution in [2.45, 2.75) is 45.6 Å². The first-order chi connectivity index (χ1) is 14.7. The fourth-order valence-electron chi connectivity index (χ4n) is 4.06. The Morgan fingerprint density at radius 1 is 1.27 bits per heavy atom. The van der Waals surface area contributed by atoms with Gasteiger partial charge in [0.05, 0.1) is 23.9 Å². The first kappa shape index (κ1) is 22.6. The molecule has 2 N–H and O–H groups in total. The van der Waals surface area contributed by atoms with Crippen molar-refractivity contribution in [1.29, 1.82) is 0 Å². The van der Waals surface area contributed by atoms with Crippen molar-refractivity contribution in [3.8, 4) is 5.75 Å². The van der Waals surface area contributed by atoms with Crippen LogP contribution in [0.2, 0.25) is 0 Å². The number of aromatic nitrogens is 1. The normalized spacial score (nSPS) is 15.9. The largest absolute Gasteiger partial charge is 0.496 e. The molecule has 1 fully saturated rings. The smallest absolute Gasteiger partial charge is 0.191 e. The van der Waals surface area contributed by atoms with Crippen LogP contribution < -0.4 is 15.4 Å². The topological polar surface area (TPSA) is 61.8 Å². The minimum absolute atomic E-state index is 0.260. The fraction of sp³-hybridized carbons (Fsp3) is 0.565. The average molecular weight is 430 g/mol. The Morgan fingerprint density at radius 2 is 2.03 bits per heavy atom. The van der Waals surface area contributed by atoms with Crippen molar-refractivity contribution in [2.75, 3.05) is 40.3 Å². The number of hydrogen-bond donors (Lipinski definition) is 2. The van der Waals surface area contributed by atoms with Crippen molar-refractivity contribution in [1.82, 2.24) is 20.5 Å².